The van der Waals surface area contributed by atoms with E-state index < -0.39 is 22.9 Å². The molecule has 1 amide bonds. The minimum atomic E-state index is -0.906. The summed E-state index contributed by atoms with van der Waals surface area (Å²) in [6.45, 7) is 6.26. The number of nitrogens with zero attached hydrogens (tertiary/aromatic N) is 2. The van der Waals surface area contributed by atoms with Crippen molar-refractivity contribution in [1.29, 1.82) is 0 Å². The number of amides is 1. The summed E-state index contributed by atoms with van der Waals surface area (Å²) in [6.07, 6.45) is 1.38. The lowest BCUT2D eigenvalue weighted by molar-refractivity contribution is -0.384. The molecule has 1 N–H and O–H groups in total. The maximum Gasteiger partial charge on any atom is 0.343 e. The van der Waals surface area contributed by atoms with E-state index in [0.717, 1.165) is 6.42 Å². The van der Waals surface area contributed by atoms with Crippen molar-refractivity contribution >= 4 is 23.8 Å². The normalized spacial score (nSPS) is 11.5. The smallest absolute Gasteiger partial charge is 0.343 e. The van der Waals surface area contributed by atoms with Crippen LogP contribution in [0.3, 0.4) is 0 Å². The summed E-state index contributed by atoms with van der Waals surface area (Å²) in [5, 5.41) is 14.7. The van der Waals surface area contributed by atoms with Gasteiger partial charge in [0.25, 0.3) is 11.6 Å². The summed E-state index contributed by atoms with van der Waals surface area (Å²) in [6, 6.07) is 16.9. The molecule has 3 rings (SSSR count). The van der Waals surface area contributed by atoms with Crippen molar-refractivity contribution in [2.75, 3.05) is 13.2 Å². The summed E-state index contributed by atoms with van der Waals surface area (Å²) < 4.78 is 22.2. The van der Waals surface area contributed by atoms with Crippen LogP contribution in [0, 0.1) is 10.1 Å². The Bertz CT molecular complexity index is 1310. The molecule has 0 spiro atoms. The van der Waals surface area contributed by atoms with E-state index in [1.54, 1.807) is 49.4 Å². The number of esters is 1. The average molecular weight is 536 g/mol. The number of carbonyl (C=O) groups excluding carboxylic acids is 2. The van der Waals surface area contributed by atoms with E-state index in [9.17, 15) is 19.7 Å². The maximum atomic E-state index is 12.6. The summed E-state index contributed by atoms with van der Waals surface area (Å²) in [4.78, 5) is 35.2. The van der Waals surface area contributed by atoms with Crippen LogP contribution in [0.15, 0.2) is 71.8 Å². The van der Waals surface area contributed by atoms with Gasteiger partial charge in [0.1, 0.15) is 11.5 Å². The minimum Gasteiger partial charge on any atom is -0.494 e. The number of nitro groups is 1. The van der Waals surface area contributed by atoms with Crippen LogP contribution in [-0.2, 0) is 4.79 Å². The number of ether oxygens (including phenoxy) is 4. The second-order valence-corrected chi connectivity index (χ2v) is 8.15. The second kappa shape index (κ2) is 14.1. The molecule has 0 aliphatic heterocycles. The number of benzene rings is 3. The molecule has 11 nitrogen and oxygen atoms in total. The van der Waals surface area contributed by atoms with Gasteiger partial charge >= 0.3 is 5.97 Å². The number of hydrogen-bond donors (Lipinski definition) is 1. The highest BCUT2D eigenvalue weighted by Crippen LogP contribution is 2.29. The summed E-state index contributed by atoms with van der Waals surface area (Å²) in [5.41, 5.74) is 3.24. The van der Waals surface area contributed by atoms with E-state index in [4.69, 9.17) is 18.9 Å². The number of hydrogen-bond acceptors (Lipinski definition) is 9. The summed E-state index contributed by atoms with van der Waals surface area (Å²) in [7, 11) is 0. The molecule has 0 heterocycles. The number of rotatable bonds is 13. The molecule has 0 aliphatic carbocycles. The van der Waals surface area contributed by atoms with E-state index in [1.807, 2.05) is 6.92 Å². The first-order valence-corrected chi connectivity index (χ1v) is 12.3. The van der Waals surface area contributed by atoms with Crippen LogP contribution in [0.25, 0.3) is 0 Å². The van der Waals surface area contributed by atoms with Gasteiger partial charge in [0.2, 0.25) is 0 Å². The van der Waals surface area contributed by atoms with Crippen LogP contribution in [-0.4, -0.2) is 42.3 Å². The predicted molar refractivity (Wildman–Crippen MR) is 144 cm³/mol. The molecule has 0 radical (unpaired) electrons. The first-order valence-electron chi connectivity index (χ1n) is 12.3. The molecule has 0 aliphatic rings. The molecule has 0 unspecified atom stereocenters. The van der Waals surface area contributed by atoms with Gasteiger partial charge in [0.15, 0.2) is 17.6 Å². The highest BCUT2D eigenvalue weighted by Gasteiger charge is 2.16. The number of nitrogens with one attached hydrogen (secondary N) is 1. The highest BCUT2D eigenvalue weighted by molar-refractivity contribution is 5.92. The van der Waals surface area contributed by atoms with Gasteiger partial charge in [0, 0.05) is 12.1 Å². The third kappa shape index (κ3) is 8.56. The van der Waals surface area contributed by atoms with Crippen molar-refractivity contribution in [2.24, 2.45) is 5.10 Å². The first kappa shape index (κ1) is 28.6. The van der Waals surface area contributed by atoms with Crippen LogP contribution in [0.1, 0.15) is 43.1 Å². The number of non-ortho nitro benzene ring substituents is 1. The molecule has 0 fully saturated rings. The highest BCUT2D eigenvalue weighted by atomic mass is 16.6. The number of nitro benzene ring substituents is 1. The zero-order valence-corrected chi connectivity index (χ0v) is 21.8. The fourth-order valence-corrected chi connectivity index (χ4v) is 3.19. The molecule has 204 valence electrons. The summed E-state index contributed by atoms with van der Waals surface area (Å²) in [5.74, 6) is 0.476. The van der Waals surface area contributed by atoms with E-state index in [1.165, 1.54) is 37.4 Å². The van der Waals surface area contributed by atoms with E-state index in [-0.39, 0.29) is 11.4 Å². The summed E-state index contributed by atoms with van der Waals surface area (Å²) >= 11 is 0. The number of carbonyl (C=O) groups is 2. The van der Waals surface area contributed by atoms with Crippen LogP contribution in [0.4, 0.5) is 5.69 Å². The lowest BCUT2D eigenvalue weighted by atomic mass is 10.2. The maximum absolute atomic E-state index is 12.6. The molecule has 0 saturated carbocycles. The van der Waals surface area contributed by atoms with Gasteiger partial charge in [-0.05, 0) is 80.4 Å². The largest absolute Gasteiger partial charge is 0.494 e. The molecule has 11 heteroatoms. The molecule has 0 bridgehead atoms. The fourth-order valence-electron chi connectivity index (χ4n) is 3.19. The predicted octanol–water partition coefficient (Wildman–Crippen LogP) is 4.92. The van der Waals surface area contributed by atoms with E-state index >= 15 is 0 Å². The van der Waals surface area contributed by atoms with Gasteiger partial charge in [-0.25, -0.2) is 10.2 Å². The Kier molecular flexibility index (Phi) is 10.4. The molecule has 0 aromatic heterocycles. The third-order valence-corrected chi connectivity index (χ3v) is 5.15. The Morgan fingerprint density at radius 3 is 2.31 bits per heavy atom. The van der Waals surface area contributed by atoms with Crippen LogP contribution in [0.2, 0.25) is 0 Å². The molecule has 3 aromatic rings. The van der Waals surface area contributed by atoms with Crippen molar-refractivity contribution in [3.63, 3.8) is 0 Å². The second-order valence-electron chi connectivity index (χ2n) is 8.15. The van der Waals surface area contributed by atoms with Crippen molar-refractivity contribution in [3.05, 3.63) is 88.0 Å². The first-order chi connectivity index (χ1) is 18.8. The lowest BCUT2D eigenvalue weighted by Gasteiger charge is -2.13. The fraction of sp³-hybridized carbons (Fsp3) is 0.250. The lowest BCUT2D eigenvalue weighted by Crippen LogP contribution is -2.33. The van der Waals surface area contributed by atoms with Crippen LogP contribution >= 0.6 is 0 Å². The van der Waals surface area contributed by atoms with Crippen LogP contribution in [0.5, 0.6) is 23.0 Å². The quantitative estimate of drug-likeness (QED) is 0.107. The monoisotopic (exact) mass is 535 g/mol. The number of hydrazone groups is 1. The van der Waals surface area contributed by atoms with Crippen LogP contribution < -0.4 is 24.4 Å². The van der Waals surface area contributed by atoms with E-state index in [0.29, 0.717) is 41.6 Å². The van der Waals surface area contributed by atoms with Gasteiger partial charge in [-0.3, -0.25) is 14.9 Å². The van der Waals surface area contributed by atoms with Gasteiger partial charge in [-0.1, -0.05) is 6.92 Å². The topological polar surface area (TPSA) is 139 Å². The Morgan fingerprint density at radius 2 is 1.67 bits per heavy atom. The van der Waals surface area contributed by atoms with Gasteiger partial charge < -0.3 is 18.9 Å². The third-order valence-electron chi connectivity index (χ3n) is 5.15. The Hall–Kier alpha value is -4.93. The van der Waals surface area contributed by atoms with Gasteiger partial charge in [0.05, 0.1) is 29.9 Å². The zero-order valence-electron chi connectivity index (χ0n) is 21.8. The Morgan fingerprint density at radius 1 is 0.974 bits per heavy atom. The molecule has 1 atom stereocenters. The SMILES string of the molecule is CCCOc1ccc(C(=O)Oc2ccc(/C=N\NC(=O)[C@H](C)Oc3ccc([N+](=O)[O-])cc3)cc2OCC)cc1. The molecule has 0 saturated heterocycles. The van der Waals surface area contributed by atoms with Crippen molar-refractivity contribution in [3.8, 4) is 23.0 Å². The minimum absolute atomic E-state index is 0.0807. The molecular formula is C28H29N3O8. The van der Waals surface area contributed by atoms with Gasteiger partial charge in [-0.15, -0.1) is 0 Å². The zero-order chi connectivity index (χ0) is 28.2. The molecule has 39 heavy (non-hydrogen) atoms. The van der Waals surface area contributed by atoms with E-state index in [2.05, 4.69) is 10.5 Å². The average Bonchev–Trinajstić information content (AvgIpc) is 2.93. The molecular weight excluding hydrogens is 506 g/mol. The van der Waals surface area contributed by atoms with Crippen molar-refractivity contribution < 1.29 is 33.5 Å². The van der Waals surface area contributed by atoms with Crippen molar-refractivity contribution in [2.45, 2.75) is 33.3 Å². The van der Waals surface area contributed by atoms with Gasteiger partial charge in [-0.2, -0.15) is 5.10 Å². The van der Waals surface area contributed by atoms with Crippen molar-refractivity contribution in [1.82, 2.24) is 5.43 Å². The Labute approximate surface area is 225 Å². The Balaban J connectivity index is 1.59. The standard InChI is InChI=1S/C28H29N3O8/c1-4-16-37-23-11-7-21(8-12-23)28(33)39-25-15-6-20(17-26(25)36-5-2)18-29-30-27(32)19(3)38-24-13-9-22(10-14-24)31(34)35/h6-15,17-19H,4-5,16H2,1-3H3,(H,30,32)/b29-18-/t19-/m0/s1. The molecule has 3 aromatic carbocycles.